The van der Waals surface area contributed by atoms with Crippen LogP contribution in [0.5, 0.6) is 0 Å². The number of anilines is 2. The molecule has 1 N–H and O–H groups in total. The molecule has 7 nitrogen and oxygen atoms in total. The van der Waals surface area contributed by atoms with Gasteiger partial charge in [-0.15, -0.1) is 0 Å². The van der Waals surface area contributed by atoms with Gasteiger partial charge in [-0.05, 0) is 25.2 Å². The van der Waals surface area contributed by atoms with Gasteiger partial charge in [0.1, 0.15) is 5.52 Å². The van der Waals surface area contributed by atoms with Gasteiger partial charge in [0, 0.05) is 31.7 Å². The predicted molar refractivity (Wildman–Crippen MR) is 109 cm³/mol. The minimum atomic E-state index is -0.306. The van der Waals surface area contributed by atoms with Crippen molar-refractivity contribution >= 4 is 61.9 Å². The van der Waals surface area contributed by atoms with Gasteiger partial charge in [-0.3, -0.25) is 10.1 Å². The zero-order valence-corrected chi connectivity index (χ0v) is 16.8. The molecule has 0 unspecified atom stereocenters. The Bertz CT molecular complexity index is 1000. The molecule has 27 heavy (non-hydrogen) atoms. The summed E-state index contributed by atoms with van der Waals surface area (Å²) in [5.74, 6) is 0.390. The second-order valence-corrected chi connectivity index (χ2v) is 8.04. The monoisotopic (exact) mass is 422 g/mol. The first kappa shape index (κ1) is 18.4. The number of halogens is 2. The largest absolute Gasteiger partial charge is 0.338 e. The molecule has 0 saturated carbocycles. The number of likely N-dealkylation sites (N-methyl/N-ethyl adjacent to an activating group) is 1. The van der Waals surface area contributed by atoms with Crippen molar-refractivity contribution in [2.45, 2.75) is 0 Å². The maximum Gasteiger partial charge on any atom is 0.257 e. The predicted octanol–water partition coefficient (Wildman–Crippen LogP) is 3.40. The molecule has 0 aliphatic carbocycles. The van der Waals surface area contributed by atoms with Crippen LogP contribution in [0, 0.1) is 0 Å². The van der Waals surface area contributed by atoms with Crippen LogP contribution in [0.3, 0.4) is 0 Å². The number of nitrogens with zero attached hydrogens (tertiary/aromatic N) is 5. The third kappa shape index (κ3) is 3.98. The zero-order chi connectivity index (χ0) is 19.0. The van der Waals surface area contributed by atoms with Gasteiger partial charge in [-0.2, -0.15) is 4.98 Å². The van der Waals surface area contributed by atoms with Crippen LogP contribution in [0.2, 0.25) is 10.0 Å². The fraction of sp³-hybridized carbons (Fsp3) is 0.294. The van der Waals surface area contributed by atoms with Crippen LogP contribution in [0.15, 0.2) is 24.4 Å². The number of carbonyl (C=O) groups excluding carboxylic acids is 1. The lowest BCUT2D eigenvalue weighted by Gasteiger charge is -2.32. The van der Waals surface area contributed by atoms with Gasteiger partial charge in [-0.1, -0.05) is 34.5 Å². The van der Waals surface area contributed by atoms with Gasteiger partial charge in [0.15, 0.2) is 9.96 Å². The number of aromatic nitrogens is 3. The van der Waals surface area contributed by atoms with Crippen LogP contribution >= 0.6 is 34.5 Å². The highest BCUT2D eigenvalue weighted by Crippen LogP contribution is 2.27. The molecule has 1 aromatic carbocycles. The number of nitrogens with one attached hydrogen (secondary N) is 1. The minimum absolute atomic E-state index is 0.306. The van der Waals surface area contributed by atoms with Gasteiger partial charge in [0.25, 0.3) is 5.91 Å². The van der Waals surface area contributed by atoms with Crippen LogP contribution in [-0.2, 0) is 0 Å². The van der Waals surface area contributed by atoms with Crippen LogP contribution in [0.25, 0.3) is 10.3 Å². The summed E-state index contributed by atoms with van der Waals surface area (Å²) < 4.78 is 0. The molecule has 10 heteroatoms. The van der Waals surface area contributed by atoms with E-state index in [-0.39, 0.29) is 5.91 Å². The lowest BCUT2D eigenvalue weighted by Crippen LogP contribution is -2.45. The van der Waals surface area contributed by atoms with Crippen molar-refractivity contribution < 1.29 is 4.79 Å². The summed E-state index contributed by atoms with van der Waals surface area (Å²) in [5, 5.41) is 3.97. The summed E-state index contributed by atoms with van der Waals surface area (Å²) in [6.45, 7) is 3.74. The van der Waals surface area contributed by atoms with E-state index in [1.165, 1.54) is 17.4 Å². The van der Waals surface area contributed by atoms with Crippen molar-refractivity contribution in [1.82, 2.24) is 19.9 Å². The number of carbonyl (C=O) groups is 1. The maximum absolute atomic E-state index is 12.4. The molecule has 0 atom stereocenters. The smallest absolute Gasteiger partial charge is 0.257 e. The summed E-state index contributed by atoms with van der Waals surface area (Å²) in [5.41, 5.74) is 1.06. The van der Waals surface area contributed by atoms with Crippen LogP contribution in [-0.4, -0.2) is 59.0 Å². The van der Waals surface area contributed by atoms with E-state index in [1.807, 2.05) is 0 Å². The average Bonchev–Trinajstić information content (AvgIpc) is 3.06. The molecule has 1 aliphatic rings. The first-order valence-electron chi connectivity index (χ1n) is 8.33. The standard InChI is InChI=1S/C17H16Cl2N6OS/c1-24-4-6-25(7-5-24)16-20-9-13-15(23-16)27-17(21-13)22-14(26)10-2-3-11(18)12(19)8-10/h2-3,8-9H,4-7H2,1H3,(H,21,22,26). The molecular weight excluding hydrogens is 407 g/mol. The van der Waals surface area contributed by atoms with Crippen molar-refractivity contribution in [3.8, 4) is 0 Å². The number of benzene rings is 1. The SMILES string of the molecule is CN1CCN(c2ncc3nc(NC(=O)c4ccc(Cl)c(Cl)c4)sc3n2)CC1. The van der Waals surface area contributed by atoms with Gasteiger partial charge >= 0.3 is 0 Å². The zero-order valence-electron chi connectivity index (χ0n) is 14.4. The molecule has 2 aromatic heterocycles. The molecule has 0 bridgehead atoms. The van der Waals surface area contributed by atoms with E-state index in [1.54, 1.807) is 18.3 Å². The average molecular weight is 423 g/mol. The van der Waals surface area contributed by atoms with Crippen molar-refractivity contribution in [2.75, 3.05) is 43.4 Å². The maximum atomic E-state index is 12.4. The number of fused-ring (bicyclic) bond motifs is 1. The van der Waals surface area contributed by atoms with Crippen molar-refractivity contribution in [3.63, 3.8) is 0 Å². The van der Waals surface area contributed by atoms with Crippen LogP contribution in [0.1, 0.15) is 10.4 Å². The molecule has 1 saturated heterocycles. The third-order valence-electron chi connectivity index (χ3n) is 4.33. The van der Waals surface area contributed by atoms with Gasteiger partial charge in [0.05, 0.1) is 16.2 Å². The molecular formula is C17H16Cl2N6OS. The topological polar surface area (TPSA) is 74.2 Å². The van der Waals surface area contributed by atoms with E-state index < -0.39 is 0 Å². The lowest BCUT2D eigenvalue weighted by molar-refractivity contribution is 0.102. The summed E-state index contributed by atoms with van der Waals surface area (Å²) in [7, 11) is 2.10. The molecule has 0 spiro atoms. The van der Waals surface area contributed by atoms with Crippen molar-refractivity contribution in [3.05, 3.63) is 40.0 Å². The van der Waals surface area contributed by atoms with Gasteiger partial charge < -0.3 is 9.80 Å². The Morgan fingerprint density at radius 2 is 1.93 bits per heavy atom. The Balaban J connectivity index is 1.53. The highest BCUT2D eigenvalue weighted by molar-refractivity contribution is 7.22. The highest BCUT2D eigenvalue weighted by Gasteiger charge is 2.18. The third-order valence-corrected chi connectivity index (χ3v) is 5.95. The first-order chi connectivity index (χ1) is 13.0. The molecule has 140 valence electrons. The normalized spacial score (nSPS) is 15.3. The van der Waals surface area contributed by atoms with E-state index in [0.29, 0.717) is 32.2 Å². The van der Waals surface area contributed by atoms with E-state index in [0.717, 1.165) is 31.0 Å². The highest BCUT2D eigenvalue weighted by atomic mass is 35.5. The van der Waals surface area contributed by atoms with Gasteiger partial charge in [0.2, 0.25) is 5.95 Å². The Hall–Kier alpha value is -2.00. The fourth-order valence-corrected chi connectivity index (χ4v) is 3.84. The Morgan fingerprint density at radius 1 is 1.15 bits per heavy atom. The summed E-state index contributed by atoms with van der Waals surface area (Å²) in [4.78, 5) is 31.0. The van der Waals surface area contributed by atoms with Crippen LogP contribution < -0.4 is 10.2 Å². The number of piperazine rings is 1. The molecule has 4 rings (SSSR count). The first-order valence-corrected chi connectivity index (χ1v) is 9.90. The number of amides is 1. The van der Waals surface area contributed by atoms with Crippen LogP contribution in [0.4, 0.5) is 11.1 Å². The Labute approximate surface area is 169 Å². The number of thiazole rings is 1. The van der Waals surface area contributed by atoms with E-state index in [9.17, 15) is 4.79 Å². The number of rotatable bonds is 3. The molecule has 1 amide bonds. The van der Waals surface area contributed by atoms with Crippen molar-refractivity contribution in [1.29, 1.82) is 0 Å². The second kappa shape index (κ2) is 7.55. The van der Waals surface area contributed by atoms with Gasteiger partial charge in [-0.25, -0.2) is 9.97 Å². The summed E-state index contributed by atoms with van der Waals surface area (Å²) >= 11 is 13.2. The Morgan fingerprint density at radius 3 is 2.67 bits per heavy atom. The molecule has 1 aliphatic heterocycles. The second-order valence-electron chi connectivity index (χ2n) is 6.25. The van der Waals surface area contributed by atoms with E-state index in [4.69, 9.17) is 23.2 Å². The van der Waals surface area contributed by atoms with E-state index >= 15 is 0 Å². The summed E-state index contributed by atoms with van der Waals surface area (Å²) in [6, 6.07) is 4.73. The lowest BCUT2D eigenvalue weighted by atomic mass is 10.2. The molecule has 1 fully saturated rings. The molecule has 0 radical (unpaired) electrons. The molecule has 3 aromatic rings. The quantitative estimate of drug-likeness (QED) is 0.696. The molecule has 3 heterocycles. The van der Waals surface area contributed by atoms with E-state index in [2.05, 4.69) is 37.1 Å². The number of hydrogen-bond acceptors (Lipinski definition) is 7. The fourth-order valence-electron chi connectivity index (χ4n) is 2.75. The Kier molecular flexibility index (Phi) is 5.14. The summed E-state index contributed by atoms with van der Waals surface area (Å²) in [6.07, 6.45) is 1.70. The number of hydrogen-bond donors (Lipinski definition) is 1. The minimum Gasteiger partial charge on any atom is -0.338 e. The van der Waals surface area contributed by atoms with Crippen molar-refractivity contribution in [2.24, 2.45) is 0 Å².